The lowest BCUT2D eigenvalue weighted by Crippen LogP contribution is -2.47. The van der Waals surface area contributed by atoms with Crippen molar-refractivity contribution in [3.05, 3.63) is 0 Å². The van der Waals surface area contributed by atoms with Crippen LogP contribution in [0.25, 0.3) is 0 Å². The zero-order chi connectivity index (χ0) is 12.6. The summed E-state index contributed by atoms with van der Waals surface area (Å²) in [4.78, 5) is 11.6. The highest BCUT2D eigenvalue weighted by Crippen LogP contribution is 2.25. The highest BCUT2D eigenvalue weighted by molar-refractivity contribution is 8.76. The predicted octanol–water partition coefficient (Wildman–Crippen LogP) is 0.961. The van der Waals surface area contributed by atoms with E-state index in [9.17, 15) is 9.18 Å². The molecule has 0 aromatic heterocycles. The van der Waals surface area contributed by atoms with Gasteiger partial charge in [-0.3, -0.25) is 4.79 Å². The van der Waals surface area contributed by atoms with Crippen molar-refractivity contribution in [3.8, 4) is 0 Å². The summed E-state index contributed by atoms with van der Waals surface area (Å²) in [6.45, 7) is 1.79. The first-order chi connectivity index (χ1) is 8.19. The first-order valence-electron chi connectivity index (χ1n) is 5.68. The number of rotatable bonds is 7. The SMILES string of the molecule is NCCSSCCNC(=O)C1(F)CCOCC1. The number of ether oxygens (including phenoxy) is 1. The van der Waals surface area contributed by atoms with Gasteiger partial charge >= 0.3 is 0 Å². The molecule has 1 amide bonds. The minimum atomic E-state index is -1.73. The maximum Gasteiger partial charge on any atom is 0.257 e. The molecule has 3 N–H and O–H groups in total. The molecule has 7 heteroatoms. The van der Waals surface area contributed by atoms with Gasteiger partial charge in [-0.15, -0.1) is 0 Å². The summed E-state index contributed by atoms with van der Waals surface area (Å²) in [5, 5.41) is 2.63. The Morgan fingerprint density at radius 3 is 2.65 bits per heavy atom. The maximum absolute atomic E-state index is 14.1. The van der Waals surface area contributed by atoms with Gasteiger partial charge in [-0.25, -0.2) is 4.39 Å². The Kier molecular flexibility index (Phi) is 7.26. The van der Waals surface area contributed by atoms with Crippen molar-refractivity contribution >= 4 is 27.5 Å². The smallest absolute Gasteiger partial charge is 0.257 e. The number of alkyl halides is 1. The molecule has 0 atom stereocenters. The van der Waals surface area contributed by atoms with Crippen molar-refractivity contribution in [2.75, 3.05) is 37.8 Å². The maximum atomic E-state index is 14.1. The van der Waals surface area contributed by atoms with Gasteiger partial charge in [-0.2, -0.15) is 0 Å². The van der Waals surface area contributed by atoms with Gasteiger partial charge in [0.15, 0.2) is 5.67 Å². The highest BCUT2D eigenvalue weighted by atomic mass is 33.1. The van der Waals surface area contributed by atoms with Gasteiger partial charge in [0.25, 0.3) is 5.91 Å². The summed E-state index contributed by atoms with van der Waals surface area (Å²) >= 11 is 0. The summed E-state index contributed by atoms with van der Waals surface area (Å²) in [5.74, 6) is 1.16. The lowest BCUT2D eigenvalue weighted by molar-refractivity contribution is -0.138. The number of nitrogens with one attached hydrogen (secondary N) is 1. The lowest BCUT2D eigenvalue weighted by Gasteiger charge is -2.28. The Morgan fingerprint density at radius 2 is 2.00 bits per heavy atom. The minimum Gasteiger partial charge on any atom is -0.381 e. The molecule has 0 spiro atoms. The van der Waals surface area contributed by atoms with E-state index in [1.807, 2.05) is 0 Å². The van der Waals surface area contributed by atoms with Crippen molar-refractivity contribution < 1.29 is 13.9 Å². The van der Waals surface area contributed by atoms with Crippen LogP contribution in [-0.4, -0.2) is 49.4 Å². The van der Waals surface area contributed by atoms with Crippen LogP contribution in [0.2, 0.25) is 0 Å². The number of halogens is 1. The van der Waals surface area contributed by atoms with E-state index < -0.39 is 11.6 Å². The van der Waals surface area contributed by atoms with E-state index in [1.165, 1.54) is 0 Å². The summed E-state index contributed by atoms with van der Waals surface area (Å²) < 4.78 is 19.1. The molecule has 1 aliphatic rings. The third-order valence-electron chi connectivity index (χ3n) is 2.45. The van der Waals surface area contributed by atoms with Gasteiger partial charge in [0, 0.05) is 37.4 Å². The number of hydrogen-bond acceptors (Lipinski definition) is 5. The number of carbonyl (C=O) groups excluding carboxylic acids is 1. The third-order valence-corrected chi connectivity index (χ3v) is 4.89. The molecule has 100 valence electrons. The predicted molar refractivity (Wildman–Crippen MR) is 70.9 cm³/mol. The second kappa shape index (κ2) is 8.18. The zero-order valence-corrected chi connectivity index (χ0v) is 11.4. The van der Waals surface area contributed by atoms with Crippen molar-refractivity contribution in [2.24, 2.45) is 5.73 Å². The molecule has 0 unspecified atom stereocenters. The van der Waals surface area contributed by atoms with Crippen LogP contribution in [0.3, 0.4) is 0 Å². The minimum absolute atomic E-state index is 0.161. The van der Waals surface area contributed by atoms with Crippen LogP contribution in [0.4, 0.5) is 4.39 Å². The van der Waals surface area contributed by atoms with E-state index in [0.29, 0.717) is 26.3 Å². The molecule has 1 aliphatic heterocycles. The fraction of sp³-hybridized carbons (Fsp3) is 0.900. The summed E-state index contributed by atoms with van der Waals surface area (Å²) in [6.07, 6.45) is 0.321. The fourth-order valence-corrected chi connectivity index (χ4v) is 3.22. The summed E-state index contributed by atoms with van der Waals surface area (Å²) in [5.41, 5.74) is 3.61. The molecular weight excluding hydrogens is 263 g/mol. The Labute approximate surface area is 109 Å². The molecule has 0 aliphatic carbocycles. The van der Waals surface area contributed by atoms with E-state index in [-0.39, 0.29) is 12.8 Å². The topological polar surface area (TPSA) is 64.3 Å². The quantitative estimate of drug-likeness (QED) is 0.538. The average Bonchev–Trinajstić information content (AvgIpc) is 2.34. The molecule has 0 aromatic rings. The molecule has 17 heavy (non-hydrogen) atoms. The van der Waals surface area contributed by atoms with Crippen LogP contribution in [0.5, 0.6) is 0 Å². The van der Waals surface area contributed by atoms with Crippen LogP contribution in [0.15, 0.2) is 0 Å². The number of amides is 1. The third kappa shape index (κ3) is 5.46. The van der Waals surface area contributed by atoms with Crippen molar-refractivity contribution in [3.63, 3.8) is 0 Å². The monoisotopic (exact) mass is 282 g/mol. The van der Waals surface area contributed by atoms with Crippen LogP contribution in [-0.2, 0) is 9.53 Å². The number of hydrogen-bond donors (Lipinski definition) is 2. The molecule has 0 aromatic carbocycles. The second-order valence-electron chi connectivity index (χ2n) is 3.77. The summed E-state index contributed by atoms with van der Waals surface area (Å²) in [6, 6.07) is 0. The van der Waals surface area contributed by atoms with Crippen LogP contribution in [0.1, 0.15) is 12.8 Å². The Hall–Kier alpha value is 0.0200. The molecule has 0 saturated carbocycles. The molecular formula is C10H19FN2O2S2. The van der Waals surface area contributed by atoms with E-state index in [2.05, 4.69) is 5.32 Å². The Bertz CT molecular complexity index is 238. The number of carbonyl (C=O) groups is 1. The van der Waals surface area contributed by atoms with Gasteiger partial charge in [-0.1, -0.05) is 21.6 Å². The highest BCUT2D eigenvalue weighted by Gasteiger charge is 2.39. The zero-order valence-electron chi connectivity index (χ0n) is 9.75. The van der Waals surface area contributed by atoms with Crippen LogP contribution < -0.4 is 11.1 Å². The standard InChI is InChI=1S/C10H19FN2O2S2/c11-10(1-5-15-6-2-10)9(14)13-4-8-17-16-7-3-12/h1-8,12H2,(H,13,14). The molecule has 0 bridgehead atoms. The van der Waals surface area contributed by atoms with Crippen molar-refractivity contribution in [1.82, 2.24) is 5.32 Å². The number of nitrogens with two attached hydrogens (primary N) is 1. The van der Waals surface area contributed by atoms with Crippen molar-refractivity contribution in [2.45, 2.75) is 18.5 Å². The second-order valence-corrected chi connectivity index (χ2v) is 6.47. The molecule has 4 nitrogen and oxygen atoms in total. The van der Waals surface area contributed by atoms with Gasteiger partial charge in [0.05, 0.1) is 13.2 Å². The molecule has 1 rings (SSSR count). The van der Waals surface area contributed by atoms with E-state index >= 15 is 0 Å². The van der Waals surface area contributed by atoms with Gasteiger partial charge in [0.1, 0.15) is 0 Å². The molecule has 0 radical (unpaired) electrons. The van der Waals surface area contributed by atoms with E-state index in [0.717, 1.165) is 11.5 Å². The average molecular weight is 282 g/mol. The Morgan fingerprint density at radius 1 is 1.35 bits per heavy atom. The Balaban J connectivity index is 2.11. The van der Waals surface area contributed by atoms with Crippen LogP contribution >= 0.6 is 21.6 Å². The largest absolute Gasteiger partial charge is 0.381 e. The first-order valence-corrected chi connectivity index (χ1v) is 8.17. The van der Waals surface area contributed by atoms with Gasteiger partial charge < -0.3 is 15.8 Å². The van der Waals surface area contributed by atoms with Gasteiger partial charge in [0.2, 0.25) is 0 Å². The van der Waals surface area contributed by atoms with Crippen LogP contribution in [0, 0.1) is 0 Å². The van der Waals surface area contributed by atoms with Gasteiger partial charge in [-0.05, 0) is 0 Å². The molecule has 1 saturated heterocycles. The fourth-order valence-electron chi connectivity index (χ4n) is 1.45. The van der Waals surface area contributed by atoms with E-state index in [1.54, 1.807) is 21.6 Å². The molecule has 1 fully saturated rings. The normalized spacial score (nSPS) is 18.9. The molecule has 1 heterocycles. The lowest BCUT2D eigenvalue weighted by atomic mass is 9.95. The summed E-state index contributed by atoms with van der Waals surface area (Å²) in [7, 11) is 3.31. The first kappa shape index (κ1) is 15.1. The van der Waals surface area contributed by atoms with Crippen molar-refractivity contribution in [1.29, 1.82) is 0 Å². The van der Waals surface area contributed by atoms with E-state index in [4.69, 9.17) is 10.5 Å².